The second-order valence-corrected chi connectivity index (χ2v) is 5.63. The second kappa shape index (κ2) is 5.70. The Morgan fingerprint density at radius 3 is 2.71 bits per heavy atom. The summed E-state index contributed by atoms with van der Waals surface area (Å²) >= 11 is 0. The maximum atomic E-state index is 11.5. The van der Waals surface area contributed by atoms with Crippen LogP contribution in [-0.2, 0) is 17.6 Å². The van der Waals surface area contributed by atoms with Crippen LogP contribution in [0.2, 0.25) is 0 Å². The molecular formula is C18H19NO2. The summed E-state index contributed by atoms with van der Waals surface area (Å²) in [6.07, 6.45) is 1.35. The Labute approximate surface area is 124 Å². The fraction of sp³-hybridized carbons (Fsp3) is 0.278. The molecule has 3 heteroatoms. The molecule has 1 heterocycles. The average molecular weight is 281 g/mol. The van der Waals surface area contributed by atoms with Crippen molar-refractivity contribution in [2.45, 2.75) is 32.3 Å². The lowest BCUT2D eigenvalue weighted by molar-refractivity contribution is -0.116. The van der Waals surface area contributed by atoms with E-state index in [2.05, 4.69) is 5.32 Å². The molecule has 3 rings (SSSR count). The van der Waals surface area contributed by atoms with Crippen LogP contribution in [0.3, 0.4) is 0 Å². The van der Waals surface area contributed by atoms with Gasteiger partial charge in [-0.15, -0.1) is 0 Å². The average Bonchev–Trinajstić information content (AvgIpc) is 2.49. The van der Waals surface area contributed by atoms with E-state index < -0.39 is 6.10 Å². The van der Waals surface area contributed by atoms with E-state index in [1.54, 1.807) is 0 Å². The van der Waals surface area contributed by atoms with Gasteiger partial charge in [-0.2, -0.15) is 0 Å². The van der Waals surface area contributed by atoms with Crippen LogP contribution in [0.15, 0.2) is 42.5 Å². The van der Waals surface area contributed by atoms with Crippen molar-refractivity contribution >= 4 is 11.6 Å². The highest BCUT2D eigenvalue weighted by Gasteiger charge is 2.19. The van der Waals surface area contributed by atoms with Gasteiger partial charge in [0.15, 0.2) is 0 Å². The standard InChI is InChI=1S/C18H19NO2/c1-12-9-15(11-14-7-8-17(21)19-18(12)14)16(20)10-13-5-3-2-4-6-13/h2-6,9,11,16,20H,7-8,10H2,1H3,(H,19,21). The predicted octanol–water partition coefficient (Wildman–Crippen LogP) is 3.16. The number of aliphatic hydroxyl groups excluding tert-OH is 1. The lowest BCUT2D eigenvalue weighted by Gasteiger charge is -2.22. The van der Waals surface area contributed by atoms with Crippen molar-refractivity contribution in [2.24, 2.45) is 0 Å². The molecule has 1 aliphatic rings. The molecule has 0 fully saturated rings. The van der Waals surface area contributed by atoms with Gasteiger partial charge in [0.25, 0.3) is 0 Å². The zero-order valence-electron chi connectivity index (χ0n) is 12.1. The molecular weight excluding hydrogens is 262 g/mol. The number of aryl methyl sites for hydroxylation is 2. The molecule has 0 aliphatic carbocycles. The van der Waals surface area contributed by atoms with E-state index in [0.29, 0.717) is 12.8 Å². The first-order valence-corrected chi connectivity index (χ1v) is 7.29. The fourth-order valence-electron chi connectivity index (χ4n) is 2.86. The Kier molecular flexibility index (Phi) is 3.76. The molecule has 1 unspecified atom stereocenters. The lowest BCUT2D eigenvalue weighted by Crippen LogP contribution is -2.20. The minimum absolute atomic E-state index is 0.0724. The summed E-state index contributed by atoms with van der Waals surface area (Å²) in [7, 11) is 0. The van der Waals surface area contributed by atoms with E-state index in [9.17, 15) is 9.90 Å². The van der Waals surface area contributed by atoms with E-state index in [-0.39, 0.29) is 5.91 Å². The number of rotatable bonds is 3. The summed E-state index contributed by atoms with van der Waals surface area (Å²) in [5.74, 6) is 0.0724. The third-order valence-corrected chi connectivity index (χ3v) is 3.98. The molecule has 2 N–H and O–H groups in total. The normalized spacial score (nSPS) is 15.2. The number of anilines is 1. The topological polar surface area (TPSA) is 49.3 Å². The van der Waals surface area contributed by atoms with E-state index in [1.807, 2.05) is 49.4 Å². The Morgan fingerprint density at radius 2 is 1.95 bits per heavy atom. The Bertz CT molecular complexity index is 664. The van der Waals surface area contributed by atoms with Crippen molar-refractivity contribution in [3.8, 4) is 0 Å². The molecule has 21 heavy (non-hydrogen) atoms. The molecule has 0 radical (unpaired) electrons. The van der Waals surface area contributed by atoms with Crippen LogP contribution in [0, 0.1) is 6.92 Å². The molecule has 1 atom stereocenters. The smallest absolute Gasteiger partial charge is 0.224 e. The highest BCUT2D eigenvalue weighted by molar-refractivity contribution is 5.94. The van der Waals surface area contributed by atoms with Crippen molar-refractivity contribution in [2.75, 3.05) is 5.32 Å². The molecule has 108 valence electrons. The first-order chi connectivity index (χ1) is 10.1. The molecule has 2 aromatic rings. The number of fused-ring (bicyclic) bond motifs is 1. The van der Waals surface area contributed by atoms with Crippen LogP contribution >= 0.6 is 0 Å². The number of nitrogens with one attached hydrogen (secondary N) is 1. The quantitative estimate of drug-likeness (QED) is 0.908. The number of benzene rings is 2. The lowest BCUT2D eigenvalue weighted by atomic mass is 9.93. The maximum absolute atomic E-state index is 11.5. The van der Waals surface area contributed by atoms with E-state index in [0.717, 1.165) is 34.4 Å². The number of hydrogen-bond donors (Lipinski definition) is 2. The first-order valence-electron chi connectivity index (χ1n) is 7.29. The van der Waals surface area contributed by atoms with E-state index >= 15 is 0 Å². The summed E-state index contributed by atoms with van der Waals surface area (Å²) in [6, 6.07) is 14.0. The van der Waals surface area contributed by atoms with Gasteiger partial charge < -0.3 is 10.4 Å². The van der Waals surface area contributed by atoms with Gasteiger partial charge in [0.2, 0.25) is 5.91 Å². The van der Waals surface area contributed by atoms with Crippen LogP contribution < -0.4 is 5.32 Å². The summed E-state index contributed by atoms with van der Waals surface area (Å²) in [6.45, 7) is 1.98. The number of carbonyl (C=O) groups excluding carboxylic acids is 1. The van der Waals surface area contributed by atoms with Gasteiger partial charge in [0.1, 0.15) is 0 Å². The summed E-state index contributed by atoms with van der Waals surface area (Å²) in [5, 5.41) is 13.4. The molecule has 1 aliphatic heterocycles. The first kappa shape index (κ1) is 13.8. The SMILES string of the molecule is Cc1cc(C(O)Cc2ccccc2)cc2c1NC(=O)CC2. The Balaban J connectivity index is 1.86. The van der Waals surface area contributed by atoms with Crippen molar-refractivity contribution < 1.29 is 9.90 Å². The van der Waals surface area contributed by atoms with Gasteiger partial charge in [-0.3, -0.25) is 4.79 Å². The minimum atomic E-state index is -0.519. The van der Waals surface area contributed by atoms with Gasteiger partial charge >= 0.3 is 0 Å². The molecule has 0 saturated heterocycles. The molecule has 3 nitrogen and oxygen atoms in total. The van der Waals surface area contributed by atoms with Crippen molar-refractivity contribution in [1.29, 1.82) is 0 Å². The number of hydrogen-bond acceptors (Lipinski definition) is 2. The highest BCUT2D eigenvalue weighted by atomic mass is 16.3. The number of aliphatic hydroxyl groups is 1. The van der Waals surface area contributed by atoms with Crippen molar-refractivity contribution in [1.82, 2.24) is 0 Å². The van der Waals surface area contributed by atoms with Crippen molar-refractivity contribution in [3.05, 3.63) is 64.7 Å². The van der Waals surface area contributed by atoms with Crippen LogP contribution in [-0.4, -0.2) is 11.0 Å². The van der Waals surface area contributed by atoms with Gasteiger partial charge in [-0.1, -0.05) is 42.5 Å². The second-order valence-electron chi connectivity index (χ2n) is 5.63. The van der Waals surface area contributed by atoms with Crippen LogP contribution in [0.5, 0.6) is 0 Å². The summed E-state index contributed by atoms with van der Waals surface area (Å²) in [5.41, 5.74) is 5.10. The largest absolute Gasteiger partial charge is 0.388 e. The van der Waals surface area contributed by atoms with E-state index in [4.69, 9.17) is 0 Å². The van der Waals surface area contributed by atoms with E-state index in [1.165, 1.54) is 0 Å². The zero-order chi connectivity index (χ0) is 14.8. The van der Waals surface area contributed by atoms with Gasteiger partial charge in [-0.05, 0) is 35.6 Å². The number of carbonyl (C=O) groups is 1. The Hall–Kier alpha value is -2.13. The molecule has 0 aromatic heterocycles. The van der Waals surface area contributed by atoms with Crippen LogP contribution in [0.25, 0.3) is 0 Å². The minimum Gasteiger partial charge on any atom is -0.388 e. The van der Waals surface area contributed by atoms with Crippen LogP contribution in [0.4, 0.5) is 5.69 Å². The number of amides is 1. The molecule has 2 aromatic carbocycles. The van der Waals surface area contributed by atoms with Gasteiger partial charge in [0.05, 0.1) is 6.10 Å². The van der Waals surface area contributed by atoms with Gasteiger partial charge in [0, 0.05) is 18.5 Å². The third kappa shape index (κ3) is 2.98. The molecule has 0 bridgehead atoms. The maximum Gasteiger partial charge on any atom is 0.224 e. The molecule has 1 amide bonds. The third-order valence-electron chi connectivity index (χ3n) is 3.98. The van der Waals surface area contributed by atoms with Crippen LogP contribution in [0.1, 0.15) is 34.8 Å². The fourth-order valence-corrected chi connectivity index (χ4v) is 2.86. The summed E-state index contributed by atoms with van der Waals surface area (Å²) in [4.78, 5) is 11.5. The monoisotopic (exact) mass is 281 g/mol. The predicted molar refractivity (Wildman–Crippen MR) is 83.2 cm³/mol. The van der Waals surface area contributed by atoms with Crippen molar-refractivity contribution in [3.63, 3.8) is 0 Å². The molecule has 0 saturated carbocycles. The Morgan fingerprint density at radius 1 is 1.19 bits per heavy atom. The zero-order valence-corrected chi connectivity index (χ0v) is 12.1. The molecule has 0 spiro atoms. The summed E-state index contributed by atoms with van der Waals surface area (Å²) < 4.78 is 0. The van der Waals surface area contributed by atoms with Gasteiger partial charge in [-0.25, -0.2) is 0 Å². The highest BCUT2D eigenvalue weighted by Crippen LogP contribution is 2.30.